The number of nitrogens with zero attached hydrogens (tertiary/aromatic N) is 3. The second kappa shape index (κ2) is 7.41. The van der Waals surface area contributed by atoms with Crippen LogP contribution in [0.4, 0.5) is 5.69 Å². The lowest BCUT2D eigenvalue weighted by molar-refractivity contribution is -0.115. The van der Waals surface area contributed by atoms with Gasteiger partial charge in [0, 0.05) is 29.1 Å². The van der Waals surface area contributed by atoms with Crippen LogP contribution in [0.2, 0.25) is 0 Å². The molecule has 6 heteroatoms. The lowest BCUT2D eigenvalue weighted by Gasteiger charge is -2.12. The van der Waals surface area contributed by atoms with Crippen LogP contribution < -0.4 is 5.32 Å². The minimum Gasteiger partial charge on any atom is -0.326 e. The Morgan fingerprint density at radius 2 is 2.15 bits per heavy atom. The molecule has 26 heavy (non-hydrogen) atoms. The maximum atomic E-state index is 12.4. The molecule has 0 radical (unpaired) electrons. The van der Waals surface area contributed by atoms with Crippen molar-refractivity contribution in [2.24, 2.45) is 0 Å². The lowest BCUT2D eigenvalue weighted by Crippen LogP contribution is -2.14. The molecule has 1 N–H and O–H groups in total. The monoisotopic (exact) mass is 366 g/mol. The van der Waals surface area contributed by atoms with Crippen LogP contribution in [0.15, 0.2) is 35.7 Å². The summed E-state index contributed by atoms with van der Waals surface area (Å²) in [6, 6.07) is 10.1. The summed E-state index contributed by atoms with van der Waals surface area (Å²) < 4.78 is 2.23. The number of nitrogens with one attached hydrogen (secondary N) is 1. The maximum absolute atomic E-state index is 12.4. The number of amides is 1. The minimum absolute atomic E-state index is 0.00720. The highest BCUT2D eigenvalue weighted by Crippen LogP contribution is 2.27. The number of aromatic nitrogens is 3. The first-order valence-electron chi connectivity index (χ1n) is 9.06. The Hall–Kier alpha value is -2.47. The molecule has 3 aromatic rings. The minimum atomic E-state index is 0.00720. The van der Waals surface area contributed by atoms with Gasteiger partial charge in [0.2, 0.25) is 5.91 Å². The highest BCUT2D eigenvalue weighted by atomic mass is 32.1. The van der Waals surface area contributed by atoms with E-state index >= 15 is 0 Å². The number of rotatable bonds is 4. The Morgan fingerprint density at radius 1 is 1.23 bits per heavy atom. The zero-order valence-corrected chi connectivity index (χ0v) is 15.7. The topological polar surface area (TPSA) is 59.8 Å². The lowest BCUT2D eigenvalue weighted by atomic mass is 10.1. The smallest absolute Gasteiger partial charge is 0.229 e. The average Bonchev–Trinajstić information content (AvgIpc) is 3.21. The van der Waals surface area contributed by atoms with Gasteiger partial charge in [0.05, 0.1) is 6.42 Å². The molecule has 0 fully saturated rings. The van der Waals surface area contributed by atoms with Gasteiger partial charge in [-0.3, -0.25) is 4.79 Å². The van der Waals surface area contributed by atoms with Gasteiger partial charge in [-0.25, -0.2) is 0 Å². The molecule has 0 spiro atoms. The first-order chi connectivity index (χ1) is 12.7. The summed E-state index contributed by atoms with van der Waals surface area (Å²) in [7, 11) is 0. The first kappa shape index (κ1) is 17.0. The highest BCUT2D eigenvalue weighted by molar-refractivity contribution is 7.10. The number of carbonyl (C=O) groups excluding carboxylic acids is 1. The summed E-state index contributed by atoms with van der Waals surface area (Å²) >= 11 is 1.60. The van der Waals surface area contributed by atoms with Crippen LogP contribution in [0.5, 0.6) is 0 Å². The first-order valence-corrected chi connectivity index (χ1v) is 9.94. The van der Waals surface area contributed by atoms with E-state index in [1.165, 1.54) is 12.8 Å². The van der Waals surface area contributed by atoms with Gasteiger partial charge in [0.25, 0.3) is 0 Å². The van der Waals surface area contributed by atoms with E-state index in [0.717, 1.165) is 52.7 Å². The van der Waals surface area contributed by atoms with Crippen LogP contribution in [0, 0.1) is 6.92 Å². The van der Waals surface area contributed by atoms with Crippen LogP contribution >= 0.6 is 11.3 Å². The molecule has 0 unspecified atom stereocenters. The summed E-state index contributed by atoms with van der Waals surface area (Å²) in [4.78, 5) is 13.4. The molecule has 1 amide bonds. The van der Waals surface area contributed by atoms with Gasteiger partial charge in [-0.15, -0.1) is 21.5 Å². The third-order valence-corrected chi connectivity index (χ3v) is 5.67. The summed E-state index contributed by atoms with van der Waals surface area (Å²) in [5.74, 6) is 1.98. The molecule has 1 aromatic carbocycles. The summed E-state index contributed by atoms with van der Waals surface area (Å²) in [5.41, 5.74) is 2.89. The Balaban J connectivity index is 1.58. The maximum Gasteiger partial charge on any atom is 0.229 e. The molecule has 0 aliphatic carbocycles. The number of benzene rings is 1. The predicted molar refractivity (Wildman–Crippen MR) is 104 cm³/mol. The number of anilines is 1. The standard InChI is InChI=1S/C20H22N4OS/c1-14-8-9-15(20-23-22-18-7-3-2-4-10-24(18)20)12-17(14)21-19(25)13-16-6-5-11-26-16/h5-6,8-9,11-12H,2-4,7,10,13H2,1H3,(H,21,25). The van der Waals surface area contributed by atoms with Crippen molar-refractivity contribution in [1.82, 2.24) is 14.8 Å². The van der Waals surface area contributed by atoms with Gasteiger partial charge < -0.3 is 9.88 Å². The molecule has 4 rings (SSSR count). The van der Waals surface area contributed by atoms with Crippen molar-refractivity contribution in [2.45, 2.75) is 45.6 Å². The molecular formula is C20H22N4OS. The summed E-state index contributed by atoms with van der Waals surface area (Å²) in [6.45, 7) is 2.97. The van der Waals surface area contributed by atoms with Crippen molar-refractivity contribution in [3.05, 3.63) is 52.0 Å². The van der Waals surface area contributed by atoms with Crippen molar-refractivity contribution in [2.75, 3.05) is 5.32 Å². The van der Waals surface area contributed by atoms with Crippen molar-refractivity contribution in [1.29, 1.82) is 0 Å². The fraction of sp³-hybridized carbons (Fsp3) is 0.350. The van der Waals surface area contributed by atoms with Gasteiger partial charge in [-0.05, 0) is 42.8 Å². The van der Waals surface area contributed by atoms with Crippen LogP contribution in [0.3, 0.4) is 0 Å². The largest absolute Gasteiger partial charge is 0.326 e. The Bertz CT molecular complexity index is 914. The zero-order chi connectivity index (χ0) is 17.9. The van der Waals surface area contributed by atoms with Gasteiger partial charge in [0.15, 0.2) is 5.82 Å². The molecule has 3 heterocycles. The quantitative estimate of drug-likeness (QED) is 0.752. The Morgan fingerprint density at radius 3 is 3.00 bits per heavy atom. The van der Waals surface area contributed by atoms with Crippen molar-refractivity contribution >= 4 is 22.9 Å². The summed E-state index contributed by atoms with van der Waals surface area (Å²) in [5, 5.41) is 13.9. The van der Waals surface area contributed by atoms with E-state index in [-0.39, 0.29) is 5.91 Å². The average molecular weight is 366 g/mol. The van der Waals surface area contributed by atoms with Crippen LogP contribution in [-0.2, 0) is 24.2 Å². The second-order valence-electron chi connectivity index (χ2n) is 6.74. The molecule has 0 saturated carbocycles. The fourth-order valence-electron chi connectivity index (χ4n) is 3.36. The van der Waals surface area contributed by atoms with Crippen LogP contribution in [0.1, 0.15) is 35.5 Å². The molecule has 0 bridgehead atoms. The third kappa shape index (κ3) is 3.55. The molecule has 1 aliphatic heterocycles. The van der Waals surface area contributed by atoms with E-state index in [9.17, 15) is 4.79 Å². The normalized spacial score (nSPS) is 13.9. The van der Waals surface area contributed by atoms with Crippen molar-refractivity contribution in [3.63, 3.8) is 0 Å². The molecule has 0 saturated heterocycles. The molecule has 2 aromatic heterocycles. The number of hydrogen-bond donors (Lipinski definition) is 1. The van der Waals surface area contributed by atoms with Crippen molar-refractivity contribution in [3.8, 4) is 11.4 Å². The number of aryl methyl sites for hydroxylation is 2. The highest BCUT2D eigenvalue weighted by Gasteiger charge is 2.17. The molecule has 5 nitrogen and oxygen atoms in total. The van der Waals surface area contributed by atoms with Gasteiger partial charge in [0.1, 0.15) is 5.82 Å². The van der Waals surface area contributed by atoms with E-state index in [1.54, 1.807) is 11.3 Å². The van der Waals surface area contributed by atoms with Gasteiger partial charge in [-0.1, -0.05) is 24.6 Å². The van der Waals surface area contributed by atoms with Crippen molar-refractivity contribution < 1.29 is 4.79 Å². The van der Waals surface area contributed by atoms with E-state index in [1.807, 2.05) is 36.6 Å². The summed E-state index contributed by atoms with van der Waals surface area (Å²) in [6.07, 6.45) is 4.97. The molecular weight excluding hydrogens is 344 g/mol. The van der Waals surface area contributed by atoms with Gasteiger partial charge >= 0.3 is 0 Å². The molecule has 134 valence electrons. The predicted octanol–water partition coefficient (Wildman–Crippen LogP) is 4.22. The van der Waals surface area contributed by atoms with E-state index < -0.39 is 0 Å². The number of fused-ring (bicyclic) bond motifs is 1. The van der Waals surface area contributed by atoms with E-state index in [0.29, 0.717) is 6.42 Å². The molecule has 0 atom stereocenters. The fourth-order valence-corrected chi connectivity index (χ4v) is 4.06. The Kier molecular flexibility index (Phi) is 4.84. The van der Waals surface area contributed by atoms with Crippen LogP contribution in [-0.4, -0.2) is 20.7 Å². The number of thiophene rings is 1. The number of hydrogen-bond acceptors (Lipinski definition) is 4. The zero-order valence-electron chi connectivity index (χ0n) is 14.9. The second-order valence-corrected chi connectivity index (χ2v) is 7.77. The SMILES string of the molecule is Cc1ccc(-c2nnc3n2CCCCC3)cc1NC(=O)Cc1cccs1. The number of carbonyl (C=O) groups is 1. The third-order valence-electron chi connectivity index (χ3n) is 4.79. The Labute approximate surface area is 157 Å². The van der Waals surface area contributed by atoms with E-state index in [4.69, 9.17) is 0 Å². The molecule has 1 aliphatic rings. The van der Waals surface area contributed by atoms with E-state index in [2.05, 4.69) is 26.1 Å². The van der Waals surface area contributed by atoms with Gasteiger partial charge in [-0.2, -0.15) is 0 Å². The van der Waals surface area contributed by atoms with Crippen LogP contribution in [0.25, 0.3) is 11.4 Å².